The van der Waals surface area contributed by atoms with Crippen LogP contribution >= 0.6 is 0 Å². The molecule has 1 unspecified atom stereocenters. The van der Waals surface area contributed by atoms with Crippen molar-refractivity contribution in [2.24, 2.45) is 0 Å². The van der Waals surface area contributed by atoms with Crippen LogP contribution in [-0.2, 0) is 15.2 Å². The number of ketones is 1. The van der Waals surface area contributed by atoms with Crippen LogP contribution in [0.5, 0.6) is 11.5 Å². The molecule has 170 valence electrons. The molecule has 6 nitrogen and oxygen atoms in total. The van der Waals surface area contributed by atoms with Gasteiger partial charge in [0, 0.05) is 12.1 Å². The van der Waals surface area contributed by atoms with Crippen molar-refractivity contribution >= 4 is 29.5 Å². The Morgan fingerprint density at radius 2 is 1.71 bits per heavy atom. The Balaban J connectivity index is 1.33. The number of anilines is 1. The summed E-state index contributed by atoms with van der Waals surface area (Å²) in [5, 5.41) is 11.4. The second kappa shape index (κ2) is 9.00. The normalized spacial score (nSPS) is 18.7. The maximum absolute atomic E-state index is 13.3. The lowest BCUT2D eigenvalue weighted by Crippen LogP contribution is -2.41. The van der Waals surface area contributed by atoms with E-state index in [1.54, 1.807) is 36.4 Å². The average Bonchev–Trinajstić information content (AvgIpc) is 3.40. The van der Waals surface area contributed by atoms with Crippen molar-refractivity contribution in [3.8, 4) is 11.5 Å². The minimum absolute atomic E-state index is 0.174. The summed E-state index contributed by atoms with van der Waals surface area (Å²) in [7, 11) is 0. The molecule has 0 aromatic heterocycles. The highest BCUT2D eigenvalue weighted by Crippen LogP contribution is 2.42. The maximum Gasteiger partial charge on any atom is 0.264 e. The van der Waals surface area contributed by atoms with Gasteiger partial charge in [-0.1, -0.05) is 72.8 Å². The quantitative estimate of drug-likeness (QED) is 0.539. The molecule has 0 fully saturated rings. The Morgan fingerprint density at radius 3 is 2.56 bits per heavy atom. The van der Waals surface area contributed by atoms with Gasteiger partial charge in [0.1, 0.15) is 0 Å². The zero-order chi connectivity index (χ0) is 23.5. The van der Waals surface area contributed by atoms with Gasteiger partial charge in [-0.2, -0.15) is 0 Å². The first-order chi connectivity index (χ1) is 16.5. The van der Waals surface area contributed by atoms with E-state index >= 15 is 0 Å². The Labute approximate surface area is 197 Å². The highest BCUT2D eigenvalue weighted by atomic mass is 16.7. The first-order valence-electron chi connectivity index (χ1n) is 11.0. The smallest absolute Gasteiger partial charge is 0.264 e. The third-order valence-electron chi connectivity index (χ3n) is 5.93. The zero-order valence-electron chi connectivity index (χ0n) is 18.4. The van der Waals surface area contributed by atoms with E-state index in [-0.39, 0.29) is 25.5 Å². The molecule has 0 bridgehead atoms. The van der Waals surface area contributed by atoms with Gasteiger partial charge in [-0.15, -0.1) is 0 Å². The Kier molecular flexibility index (Phi) is 5.74. The van der Waals surface area contributed by atoms with E-state index in [1.165, 1.54) is 11.0 Å². The van der Waals surface area contributed by atoms with Gasteiger partial charge in [-0.25, -0.2) is 0 Å². The van der Waals surface area contributed by atoms with Crippen LogP contribution in [0.3, 0.4) is 0 Å². The van der Waals surface area contributed by atoms with Crippen LogP contribution in [0.2, 0.25) is 0 Å². The van der Waals surface area contributed by atoms with Crippen LogP contribution in [0.25, 0.3) is 12.2 Å². The maximum atomic E-state index is 13.3. The van der Waals surface area contributed by atoms with Crippen molar-refractivity contribution in [3.63, 3.8) is 0 Å². The third kappa shape index (κ3) is 4.11. The van der Waals surface area contributed by atoms with Gasteiger partial charge < -0.3 is 19.5 Å². The topological polar surface area (TPSA) is 76.1 Å². The highest BCUT2D eigenvalue weighted by Gasteiger charge is 2.50. The number of benzene rings is 3. The van der Waals surface area contributed by atoms with Crippen LogP contribution in [0.15, 0.2) is 84.9 Å². The molecular weight excluding hydrogens is 430 g/mol. The minimum Gasteiger partial charge on any atom is -0.454 e. The van der Waals surface area contributed by atoms with Gasteiger partial charge >= 0.3 is 0 Å². The molecular formula is C28H23NO5. The van der Waals surface area contributed by atoms with E-state index in [0.717, 1.165) is 11.1 Å². The Morgan fingerprint density at radius 1 is 0.941 bits per heavy atom. The van der Waals surface area contributed by atoms with Gasteiger partial charge in [-0.05, 0) is 35.4 Å². The van der Waals surface area contributed by atoms with Gasteiger partial charge in [0.2, 0.25) is 6.79 Å². The second-order valence-electron chi connectivity index (χ2n) is 8.20. The van der Waals surface area contributed by atoms with Crippen LogP contribution in [-0.4, -0.2) is 30.1 Å². The van der Waals surface area contributed by atoms with Crippen molar-refractivity contribution in [1.29, 1.82) is 0 Å². The first-order valence-corrected chi connectivity index (χ1v) is 11.0. The lowest BCUT2D eigenvalue weighted by Gasteiger charge is -2.21. The van der Waals surface area contributed by atoms with E-state index in [4.69, 9.17) is 9.47 Å². The zero-order valence-corrected chi connectivity index (χ0v) is 18.4. The standard InChI is InChI=1S/C28H23NO5/c30-22(14-12-21-13-15-25-26(17-21)34-19-33-25)18-28(32)23-10-4-5-11-24(23)29(27(28)31)16-6-9-20-7-2-1-3-8-20/h1-15,17,32H,16,18-19H2/b9-6+,14-12+. The van der Waals surface area contributed by atoms with E-state index in [9.17, 15) is 14.7 Å². The Bertz CT molecular complexity index is 1300. The summed E-state index contributed by atoms with van der Waals surface area (Å²) in [6, 6.07) is 22.2. The number of nitrogens with zero attached hydrogens (tertiary/aromatic N) is 1. The second-order valence-corrected chi connectivity index (χ2v) is 8.20. The van der Waals surface area contributed by atoms with E-state index in [1.807, 2.05) is 54.6 Å². The molecule has 6 heteroatoms. The van der Waals surface area contributed by atoms with E-state index in [2.05, 4.69) is 0 Å². The number of allylic oxidation sites excluding steroid dienone is 1. The minimum atomic E-state index is -1.91. The summed E-state index contributed by atoms with van der Waals surface area (Å²) in [6.07, 6.45) is 6.47. The number of carbonyl (C=O) groups is 2. The molecule has 1 N–H and O–H groups in total. The predicted octanol–water partition coefficient (Wildman–Crippen LogP) is 4.34. The van der Waals surface area contributed by atoms with Gasteiger partial charge in [0.15, 0.2) is 22.9 Å². The summed E-state index contributed by atoms with van der Waals surface area (Å²) in [5.74, 6) is 0.418. The molecule has 0 saturated carbocycles. The number of ether oxygens (including phenoxy) is 2. The van der Waals surface area contributed by atoms with Crippen molar-refractivity contribution in [2.45, 2.75) is 12.0 Å². The number of hydrogen-bond acceptors (Lipinski definition) is 5. The van der Waals surface area contributed by atoms with Crippen LogP contribution in [0.4, 0.5) is 5.69 Å². The summed E-state index contributed by atoms with van der Waals surface area (Å²) < 4.78 is 10.7. The summed E-state index contributed by atoms with van der Waals surface area (Å²) in [6.45, 7) is 0.460. The molecule has 3 aromatic rings. The monoisotopic (exact) mass is 453 g/mol. The van der Waals surface area contributed by atoms with Crippen molar-refractivity contribution in [3.05, 3.63) is 102 Å². The molecule has 2 aliphatic heterocycles. The average molecular weight is 453 g/mol. The highest BCUT2D eigenvalue weighted by molar-refractivity contribution is 6.10. The largest absolute Gasteiger partial charge is 0.454 e. The molecule has 2 heterocycles. The van der Waals surface area contributed by atoms with Crippen LogP contribution < -0.4 is 14.4 Å². The van der Waals surface area contributed by atoms with Crippen molar-refractivity contribution in [2.75, 3.05) is 18.2 Å². The number of para-hydroxylation sites is 1. The lowest BCUT2D eigenvalue weighted by atomic mass is 9.89. The number of fused-ring (bicyclic) bond motifs is 2. The van der Waals surface area contributed by atoms with Crippen molar-refractivity contribution in [1.82, 2.24) is 0 Å². The summed E-state index contributed by atoms with van der Waals surface area (Å²) >= 11 is 0. The summed E-state index contributed by atoms with van der Waals surface area (Å²) in [5.41, 5.74) is 0.920. The van der Waals surface area contributed by atoms with Gasteiger partial charge in [0.25, 0.3) is 5.91 Å². The Hall–Kier alpha value is -4.16. The van der Waals surface area contributed by atoms with E-state index < -0.39 is 11.5 Å². The number of aliphatic hydroxyl groups is 1. The molecule has 0 radical (unpaired) electrons. The number of carbonyl (C=O) groups excluding carboxylic acids is 2. The SMILES string of the molecule is O=C(/C=C/c1ccc2c(c1)OCO2)CC1(O)C(=O)N(C/C=C/c2ccccc2)c2ccccc21. The van der Waals surface area contributed by atoms with Gasteiger partial charge in [0.05, 0.1) is 12.1 Å². The fraction of sp³-hybridized carbons (Fsp3) is 0.143. The summed E-state index contributed by atoms with van der Waals surface area (Å²) in [4.78, 5) is 27.6. The first kappa shape index (κ1) is 21.7. The molecule has 0 aliphatic carbocycles. The number of rotatable bonds is 7. The van der Waals surface area contributed by atoms with Gasteiger partial charge in [-0.3, -0.25) is 9.59 Å². The molecule has 34 heavy (non-hydrogen) atoms. The fourth-order valence-corrected chi connectivity index (χ4v) is 4.23. The molecule has 1 atom stereocenters. The predicted molar refractivity (Wildman–Crippen MR) is 129 cm³/mol. The van der Waals surface area contributed by atoms with Crippen molar-refractivity contribution < 1.29 is 24.2 Å². The van der Waals surface area contributed by atoms with E-state index in [0.29, 0.717) is 22.7 Å². The number of amides is 1. The molecule has 3 aromatic carbocycles. The molecule has 5 rings (SSSR count). The third-order valence-corrected chi connectivity index (χ3v) is 5.93. The molecule has 0 saturated heterocycles. The molecule has 2 aliphatic rings. The lowest BCUT2D eigenvalue weighted by molar-refractivity contribution is -0.140. The van der Waals surface area contributed by atoms with Crippen LogP contribution in [0.1, 0.15) is 23.1 Å². The molecule has 1 amide bonds. The molecule has 0 spiro atoms. The van der Waals surface area contributed by atoms with Crippen LogP contribution in [0, 0.1) is 0 Å². The number of hydrogen-bond donors (Lipinski definition) is 1. The fourth-order valence-electron chi connectivity index (χ4n) is 4.23.